The van der Waals surface area contributed by atoms with Crippen LogP contribution >= 0.6 is 11.3 Å². The Bertz CT molecular complexity index is 448. The van der Waals surface area contributed by atoms with Gasteiger partial charge in [0.05, 0.1) is 4.88 Å². The average molecular weight is 264 g/mol. The molecule has 1 saturated carbocycles. The first-order valence-electron chi connectivity index (χ1n) is 6.35. The Morgan fingerprint density at radius 3 is 2.94 bits per heavy atom. The summed E-state index contributed by atoms with van der Waals surface area (Å²) in [5.74, 6) is 0.541. The van der Waals surface area contributed by atoms with Crippen molar-refractivity contribution in [1.29, 1.82) is 0 Å². The third kappa shape index (κ3) is 3.42. The lowest BCUT2D eigenvalue weighted by Gasteiger charge is -2.34. The summed E-state index contributed by atoms with van der Waals surface area (Å²) in [6.45, 7) is 6.77. The second kappa shape index (κ2) is 5.22. The lowest BCUT2D eigenvalue weighted by molar-refractivity contribution is 0.0958. The summed E-state index contributed by atoms with van der Waals surface area (Å²) in [6.07, 6.45) is 3.20. The highest BCUT2D eigenvalue weighted by molar-refractivity contribution is 7.12. The summed E-state index contributed by atoms with van der Waals surface area (Å²) in [7, 11) is 0. The SMILES string of the molecule is CC1CC(=NNC(=O)c2cccs2)CC(C)(C)C1. The van der Waals surface area contributed by atoms with Crippen molar-refractivity contribution in [3.05, 3.63) is 22.4 Å². The predicted octanol–water partition coefficient (Wildman–Crippen LogP) is 3.68. The number of nitrogens with one attached hydrogen (secondary N) is 1. The number of carbonyl (C=O) groups is 1. The van der Waals surface area contributed by atoms with Gasteiger partial charge < -0.3 is 0 Å². The van der Waals surface area contributed by atoms with Crippen molar-refractivity contribution in [2.45, 2.75) is 40.0 Å². The second-order valence-electron chi connectivity index (χ2n) is 5.95. The minimum absolute atomic E-state index is 0.103. The largest absolute Gasteiger partial charge is 0.281 e. The lowest BCUT2D eigenvalue weighted by Crippen LogP contribution is -2.30. The Balaban J connectivity index is 1.99. The maximum Gasteiger partial charge on any atom is 0.281 e. The van der Waals surface area contributed by atoms with Gasteiger partial charge in [-0.15, -0.1) is 11.3 Å². The van der Waals surface area contributed by atoms with E-state index in [1.807, 2.05) is 17.5 Å². The van der Waals surface area contributed by atoms with E-state index in [0.717, 1.165) is 18.6 Å². The molecule has 1 aromatic rings. The number of amides is 1. The van der Waals surface area contributed by atoms with Crippen molar-refractivity contribution in [2.75, 3.05) is 0 Å². The normalized spacial score (nSPS) is 25.1. The van der Waals surface area contributed by atoms with E-state index in [4.69, 9.17) is 0 Å². The van der Waals surface area contributed by atoms with Crippen LogP contribution in [0.4, 0.5) is 0 Å². The third-order valence-electron chi connectivity index (χ3n) is 3.23. The number of carbonyl (C=O) groups excluding carboxylic acids is 1. The highest BCUT2D eigenvalue weighted by atomic mass is 32.1. The molecule has 1 atom stereocenters. The van der Waals surface area contributed by atoms with Gasteiger partial charge in [-0.3, -0.25) is 4.79 Å². The highest BCUT2D eigenvalue weighted by Gasteiger charge is 2.29. The maximum atomic E-state index is 11.8. The maximum absolute atomic E-state index is 11.8. The van der Waals surface area contributed by atoms with Crippen LogP contribution in [0.2, 0.25) is 0 Å². The second-order valence-corrected chi connectivity index (χ2v) is 6.90. The van der Waals surface area contributed by atoms with Gasteiger partial charge in [0.1, 0.15) is 0 Å². The van der Waals surface area contributed by atoms with Crippen LogP contribution in [0.5, 0.6) is 0 Å². The van der Waals surface area contributed by atoms with E-state index >= 15 is 0 Å². The molecule has 0 spiro atoms. The molecular formula is C14H20N2OS. The fourth-order valence-electron chi connectivity index (χ4n) is 2.79. The molecule has 18 heavy (non-hydrogen) atoms. The Kier molecular flexibility index (Phi) is 3.85. The number of nitrogens with zero attached hydrogens (tertiary/aromatic N) is 1. The van der Waals surface area contributed by atoms with Crippen molar-refractivity contribution >= 4 is 23.0 Å². The van der Waals surface area contributed by atoms with Gasteiger partial charge in [-0.05, 0) is 42.0 Å². The average Bonchev–Trinajstić information content (AvgIpc) is 2.76. The molecular weight excluding hydrogens is 244 g/mol. The quantitative estimate of drug-likeness (QED) is 0.813. The van der Waals surface area contributed by atoms with Gasteiger partial charge in [0.2, 0.25) is 0 Å². The summed E-state index contributed by atoms with van der Waals surface area (Å²) in [6, 6.07) is 3.69. The zero-order valence-electron chi connectivity index (χ0n) is 11.2. The highest BCUT2D eigenvalue weighted by Crippen LogP contribution is 2.36. The van der Waals surface area contributed by atoms with Gasteiger partial charge in [-0.25, -0.2) is 5.43 Å². The van der Waals surface area contributed by atoms with E-state index < -0.39 is 0 Å². The van der Waals surface area contributed by atoms with Crippen LogP contribution in [0.3, 0.4) is 0 Å². The van der Waals surface area contributed by atoms with Crippen LogP contribution in [0.25, 0.3) is 0 Å². The standard InChI is InChI=1S/C14H20N2OS/c1-10-7-11(9-14(2,3)8-10)15-16-13(17)12-5-4-6-18-12/h4-6,10H,7-9H2,1-3H3,(H,16,17). The molecule has 1 unspecified atom stereocenters. The first-order chi connectivity index (χ1) is 8.46. The predicted molar refractivity (Wildman–Crippen MR) is 76.0 cm³/mol. The molecule has 0 aromatic carbocycles. The number of rotatable bonds is 2. The topological polar surface area (TPSA) is 41.5 Å². The van der Waals surface area contributed by atoms with Crippen LogP contribution in [-0.4, -0.2) is 11.6 Å². The van der Waals surface area contributed by atoms with Crippen molar-refractivity contribution < 1.29 is 4.79 Å². The van der Waals surface area contributed by atoms with Crippen LogP contribution in [0.15, 0.2) is 22.6 Å². The van der Waals surface area contributed by atoms with Gasteiger partial charge in [-0.2, -0.15) is 5.10 Å². The lowest BCUT2D eigenvalue weighted by atomic mass is 9.72. The molecule has 4 heteroatoms. The van der Waals surface area contributed by atoms with Gasteiger partial charge in [0.25, 0.3) is 5.91 Å². The van der Waals surface area contributed by atoms with Crippen LogP contribution < -0.4 is 5.43 Å². The van der Waals surface area contributed by atoms with E-state index in [-0.39, 0.29) is 5.91 Å². The van der Waals surface area contributed by atoms with Crippen LogP contribution in [-0.2, 0) is 0 Å². The van der Waals surface area contributed by atoms with Crippen LogP contribution in [0, 0.1) is 11.3 Å². The minimum atomic E-state index is -0.103. The monoisotopic (exact) mass is 264 g/mol. The Hall–Kier alpha value is -1.16. The molecule has 1 heterocycles. The van der Waals surface area contributed by atoms with Crippen molar-refractivity contribution in [1.82, 2.24) is 5.43 Å². The van der Waals surface area contributed by atoms with Crippen molar-refractivity contribution in [2.24, 2.45) is 16.4 Å². The molecule has 0 saturated heterocycles. The molecule has 1 amide bonds. The summed E-state index contributed by atoms with van der Waals surface area (Å²) < 4.78 is 0. The molecule has 3 nitrogen and oxygen atoms in total. The number of thiophene rings is 1. The molecule has 2 rings (SSSR count). The molecule has 1 fully saturated rings. The van der Waals surface area contributed by atoms with E-state index in [9.17, 15) is 4.79 Å². The van der Waals surface area contributed by atoms with Crippen molar-refractivity contribution in [3.8, 4) is 0 Å². The smallest absolute Gasteiger partial charge is 0.266 e. The molecule has 98 valence electrons. The summed E-state index contributed by atoms with van der Waals surface area (Å²) in [4.78, 5) is 12.5. The molecule has 1 aliphatic rings. The number of hydrazone groups is 1. The zero-order chi connectivity index (χ0) is 13.2. The Morgan fingerprint density at radius 1 is 1.56 bits per heavy atom. The van der Waals surface area contributed by atoms with Gasteiger partial charge in [0, 0.05) is 5.71 Å². The molecule has 0 aliphatic heterocycles. The minimum Gasteiger partial charge on any atom is -0.266 e. The molecule has 0 radical (unpaired) electrons. The van der Waals surface area contributed by atoms with Gasteiger partial charge in [0.15, 0.2) is 0 Å². The first-order valence-corrected chi connectivity index (χ1v) is 7.23. The molecule has 1 aromatic heterocycles. The summed E-state index contributed by atoms with van der Waals surface area (Å²) in [5.41, 5.74) is 4.08. The fourth-order valence-corrected chi connectivity index (χ4v) is 3.41. The summed E-state index contributed by atoms with van der Waals surface area (Å²) in [5, 5.41) is 6.21. The summed E-state index contributed by atoms with van der Waals surface area (Å²) >= 11 is 1.44. The Morgan fingerprint density at radius 2 is 2.33 bits per heavy atom. The number of hydrogen-bond acceptors (Lipinski definition) is 3. The van der Waals surface area contributed by atoms with Crippen molar-refractivity contribution in [3.63, 3.8) is 0 Å². The van der Waals surface area contributed by atoms with E-state index in [0.29, 0.717) is 16.2 Å². The fraction of sp³-hybridized carbons (Fsp3) is 0.571. The first kappa shape index (κ1) is 13.3. The Labute approximate surface area is 112 Å². The van der Waals surface area contributed by atoms with E-state index in [1.54, 1.807) is 0 Å². The molecule has 0 bridgehead atoms. The molecule has 1 N–H and O–H groups in total. The molecule has 1 aliphatic carbocycles. The van der Waals surface area contributed by atoms with E-state index in [1.165, 1.54) is 17.8 Å². The van der Waals surface area contributed by atoms with E-state index in [2.05, 4.69) is 31.3 Å². The van der Waals surface area contributed by atoms with Gasteiger partial charge >= 0.3 is 0 Å². The van der Waals surface area contributed by atoms with Crippen LogP contribution in [0.1, 0.15) is 49.7 Å². The number of hydrogen-bond donors (Lipinski definition) is 1. The van der Waals surface area contributed by atoms with Gasteiger partial charge in [-0.1, -0.05) is 26.8 Å². The third-order valence-corrected chi connectivity index (χ3v) is 4.10. The zero-order valence-corrected chi connectivity index (χ0v) is 12.0.